The maximum absolute atomic E-state index is 12.2. The zero-order valence-corrected chi connectivity index (χ0v) is 15.0. The molecule has 0 saturated heterocycles. The topological polar surface area (TPSA) is 81.4 Å². The molecule has 0 fully saturated rings. The molecule has 3 rings (SSSR count). The van der Waals surface area contributed by atoms with Crippen molar-refractivity contribution < 1.29 is 4.74 Å². The Morgan fingerprint density at radius 1 is 1.42 bits per heavy atom. The zero-order chi connectivity index (χ0) is 16.9. The van der Waals surface area contributed by atoms with Crippen LogP contribution in [0.5, 0.6) is 0 Å². The quantitative estimate of drug-likeness (QED) is 0.509. The van der Waals surface area contributed by atoms with Gasteiger partial charge in [-0.1, -0.05) is 29.2 Å². The van der Waals surface area contributed by atoms with Crippen molar-refractivity contribution in [3.63, 3.8) is 0 Å². The van der Waals surface area contributed by atoms with Crippen LogP contribution in [0.1, 0.15) is 11.3 Å². The van der Waals surface area contributed by atoms with Gasteiger partial charge < -0.3 is 10.1 Å². The number of hydrogen-bond donors (Lipinski definition) is 1. The first-order valence-corrected chi connectivity index (χ1v) is 9.14. The summed E-state index contributed by atoms with van der Waals surface area (Å²) >= 11 is 3.00. The Hall–Kier alpha value is -1.97. The summed E-state index contributed by atoms with van der Waals surface area (Å²) in [6.07, 6.45) is 1.73. The number of aryl methyl sites for hydroxylation is 1. The van der Waals surface area contributed by atoms with Crippen LogP contribution >= 0.6 is 23.1 Å². The van der Waals surface area contributed by atoms with Crippen molar-refractivity contribution >= 4 is 33.9 Å². The molecule has 0 atom stereocenters. The zero-order valence-electron chi connectivity index (χ0n) is 13.4. The molecule has 7 nitrogen and oxygen atoms in total. The standard InChI is InChI=1S/C15H17N5O2S2/c1-10-4-3-6-20-12(21)8-11(17-13(10)20)9-23-15-19-18-14(24-15)16-5-7-22-2/h3-4,6,8H,5,7,9H2,1-2H3,(H,16,18). The molecule has 9 heteroatoms. The molecule has 0 saturated carbocycles. The highest BCUT2D eigenvalue weighted by atomic mass is 32.2. The van der Waals surface area contributed by atoms with Gasteiger partial charge in [0.2, 0.25) is 5.13 Å². The Labute approximate surface area is 147 Å². The van der Waals surface area contributed by atoms with E-state index < -0.39 is 0 Å². The lowest BCUT2D eigenvalue weighted by Gasteiger charge is -2.05. The maximum Gasteiger partial charge on any atom is 0.258 e. The van der Waals surface area contributed by atoms with Crippen molar-refractivity contribution in [3.8, 4) is 0 Å². The van der Waals surface area contributed by atoms with Gasteiger partial charge in [0.05, 0.1) is 12.3 Å². The molecule has 0 spiro atoms. The fourth-order valence-electron chi connectivity index (χ4n) is 2.12. The second-order valence-corrected chi connectivity index (χ2v) is 7.25. The highest BCUT2D eigenvalue weighted by Gasteiger charge is 2.08. The van der Waals surface area contributed by atoms with Gasteiger partial charge in [-0.2, -0.15) is 0 Å². The molecule has 0 amide bonds. The fraction of sp³-hybridized carbons (Fsp3) is 0.333. The first-order valence-electron chi connectivity index (χ1n) is 7.34. The minimum Gasteiger partial charge on any atom is -0.383 e. The van der Waals surface area contributed by atoms with E-state index in [-0.39, 0.29) is 5.56 Å². The Kier molecular flexibility index (Phi) is 5.44. The highest BCUT2D eigenvalue weighted by molar-refractivity contribution is 8.00. The van der Waals surface area contributed by atoms with E-state index in [1.54, 1.807) is 23.8 Å². The fourth-order valence-corrected chi connectivity index (χ4v) is 3.79. The van der Waals surface area contributed by atoms with E-state index in [0.29, 0.717) is 24.6 Å². The van der Waals surface area contributed by atoms with Crippen LogP contribution in [0.4, 0.5) is 5.13 Å². The average Bonchev–Trinajstić information content (AvgIpc) is 3.02. The Bertz CT molecular complexity index is 893. The maximum atomic E-state index is 12.2. The van der Waals surface area contributed by atoms with Crippen LogP contribution < -0.4 is 10.9 Å². The summed E-state index contributed by atoms with van der Waals surface area (Å²) in [7, 11) is 1.66. The van der Waals surface area contributed by atoms with Gasteiger partial charge in [0, 0.05) is 31.7 Å². The lowest BCUT2D eigenvalue weighted by Crippen LogP contribution is -2.15. The Morgan fingerprint density at radius 3 is 3.12 bits per heavy atom. The predicted molar refractivity (Wildman–Crippen MR) is 96.0 cm³/mol. The van der Waals surface area contributed by atoms with Crippen molar-refractivity contribution in [2.24, 2.45) is 0 Å². The van der Waals surface area contributed by atoms with Gasteiger partial charge in [-0.05, 0) is 18.6 Å². The summed E-state index contributed by atoms with van der Waals surface area (Å²) in [6, 6.07) is 5.36. The van der Waals surface area contributed by atoms with Crippen LogP contribution in [-0.2, 0) is 10.5 Å². The molecule has 0 aliphatic rings. The molecule has 0 aliphatic carbocycles. The molecule has 0 radical (unpaired) electrons. The van der Waals surface area contributed by atoms with E-state index in [9.17, 15) is 4.79 Å². The molecule has 3 aromatic rings. The van der Waals surface area contributed by atoms with Crippen LogP contribution in [0.3, 0.4) is 0 Å². The van der Waals surface area contributed by atoms with Crippen molar-refractivity contribution in [1.82, 2.24) is 19.6 Å². The first-order chi connectivity index (χ1) is 11.7. The molecule has 0 bridgehead atoms. The van der Waals surface area contributed by atoms with Crippen LogP contribution in [-0.4, -0.2) is 39.8 Å². The van der Waals surface area contributed by atoms with Crippen molar-refractivity contribution in [2.75, 3.05) is 25.6 Å². The van der Waals surface area contributed by atoms with Crippen LogP contribution in [0.25, 0.3) is 5.65 Å². The molecule has 0 aliphatic heterocycles. The van der Waals surface area contributed by atoms with Gasteiger partial charge in [-0.25, -0.2) is 4.98 Å². The molecule has 3 aromatic heterocycles. The van der Waals surface area contributed by atoms with E-state index in [1.807, 2.05) is 19.1 Å². The number of nitrogens with zero attached hydrogens (tertiary/aromatic N) is 4. The van der Waals surface area contributed by atoms with Gasteiger partial charge in [0.1, 0.15) is 5.65 Å². The van der Waals surface area contributed by atoms with Gasteiger partial charge >= 0.3 is 0 Å². The minimum absolute atomic E-state index is 0.0708. The SMILES string of the molecule is COCCNc1nnc(SCc2cc(=O)n3cccc(C)c3n2)s1. The monoisotopic (exact) mass is 363 g/mol. The van der Waals surface area contributed by atoms with E-state index >= 15 is 0 Å². The lowest BCUT2D eigenvalue weighted by molar-refractivity contribution is 0.211. The number of ether oxygens (including phenoxy) is 1. The second kappa shape index (κ2) is 7.73. The molecule has 0 aromatic carbocycles. The number of methoxy groups -OCH3 is 1. The number of aromatic nitrogens is 4. The summed E-state index contributed by atoms with van der Waals surface area (Å²) in [5.41, 5.74) is 2.34. The number of thioether (sulfide) groups is 1. The predicted octanol–water partition coefficient (Wildman–Crippen LogP) is 2.21. The van der Waals surface area contributed by atoms with Crippen molar-refractivity contribution in [3.05, 3.63) is 46.0 Å². The molecule has 0 unspecified atom stereocenters. The van der Waals surface area contributed by atoms with Crippen molar-refractivity contribution in [2.45, 2.75) is 17.0 Å². The third-order valence-electron chi connectivity index (χ3n) is 3.27. The molecular weight excluding hydrogens is 346 g/mol. The number of anilines is 1. The van der Waals surface area contributed by atoms with Gasteiger partial charge in [-0.15, -0.1) is 10.2 Å². The van der Waals surface area contributed by atoms with Crippen LogP contribution in [0, 0.1) is 6.92 Å². The van der Waals surface area contributed by atoms with Crippen LogP contribution in [0.2, 0.25) is 0 Å². The second-order valence-electron chi connectivity index (χ2n) is 5.05. The number of rotatable bonds is 7. The average molecular weight is 363 g/mol. The molecule has 24 heavy (non-hydrogen) atoms. The third-order valence-corrected chi connectivity index (χ3v) is 5.32. The van der Waals surface area contributed by atoms with Crippen LogP contribution in [0.15, 0.2) is 33.5 Å². The summed E-state index contributed by atoms with van der Waals surface area (Å²) in [6.45, 7) is 3.26. The third kappa shape index (κ3) is 3.92. The van der Waals surface area contributed by atoms with E-state index in [0.717, 1.165) is 20.7 Å². The van der Waals surface area contributed by atoms with E-state index in [1.165, 1.54) is 23.1 Å². The largest absolute Gasteiger partial charge is 0.383 e. The molecular formula is C15H17N5O2S2. The number of hydrogen-bond acceptors (Lipinski definition) is 8. The normalized spacial score (nSPS) is 11.1. The summed E-state index contributed by atoms with van der Waals surface area (Å²) < 4.78 is 7.38. The lowest BCUT2D eigenvalue weighted by atomic mass is 10.3. The summed E-state index contributed by atoms with van der Waals surface area (Å²) in [4.78, 5) is 16.8. The van der Waals surface area contributed by atoms with E-state index in [4.69, 9.17) is 4.74 Å². The molecule has 126 valence electrons. The first kappa shape index (κ1) is 16.9. The van der Waals surface area contributed by atoms with Gasteiger partial charge in [0.15, 0.2) is 4.34 Å². The highest BCUT2D eigenvalue weighted by Crippen LogP contribution is 2.27. The Balaban J connectivity index is 1.70. The molecule has 3 heterocycles. The smallest absolute Gasteiger partial charge is 0.258 e. The number of pyridine rings is 1. The van der Waals surface area contributed by atoms with Gasteiger partial charge in [0.25, 0.3) is 5.56 Å². The summed E-state index contributed by atoms with van der Waals surface area (Å²) in [5, 5.41) is 12.1. The Morgan fingerprint density at radius 2 is 2.29 bits per heavy atom. The summed E-state index contributed by atoms with van der Waals surface area (Å²) in [5.74, 6) is 0.576. The number of fused-ring (bicyclic) bond motifs is 1. The number of nitrogens with one attached hydrogen (secondary N) is 1. The van der Waals surface area contributed by atoms with Gasteiger partial charge in [-0.3, -0.25) is 9.20 Å². The van der Waals surface area contributed by atoms with E-state index in [2.05, 4.69) is 20.5 Å². The minimum atomic E-state index is -0.0708. The van der Waals surface area contributed by atoms with Crippen molar-refractivity contribution in [1.29, 1.82) is 0 Å². The molecule has 1 N–H and O–H groups in total.